The lowest BCUT2D eigenvalue weighted by Crippen LogP contribution is -2.36. The average molecular weight is 462 g/mol. The van der Waals surface area contributed by atoms with Gasteiger partial charge in [-0.15, -0.1) is 0 Å². The average Bonchev–Trinajstić information content (AvgIpc) is 2.86. The second-order valence-corrected chi connectivity index (χ2v) is 8.36. The normalized spacial score (nSPS) is 19.8. The minimum absolute atomic E-state index is 0.0411. The van der Waals surface area contributed by atoms with E-state index in [0.717, 1.165) is 22.6 Å². The van der Waals surface area contributed by atoms with E-state index in [9.17, 15) is 14.4 Å². The van der Waals surface area contributed by atoms with Crippen molar-refractivity contribution in [3.8, 4) is 5.75 Å². The van der Waals surface area contributed by atoms with Gasteiger partial charge in [-0.05, 0) is 42.7 Å². The first-order valence-electron chi connectivity index (χ1n) is 11.0. The van der Waals surface area contributed by atoms with Gasteiger partial charge in [-0.25, -0.2) is 9.59 Å². The summed E-state index contributed by atoms with van der Waals surface area (Å²) >= 11 is 0. The smallest absolute Gasteiger partial charge is 0.337 e. The zero-order valence-corrected chi connectivity index (χ0v) is 19.6. The standard InChI is InChI=1S/C27H27NO6/c1-15-23(27(31)34-4)24(16-9-11-17(12-10-16)26(30)33-3)25-20(28-15)13-18(14-21(25)29)19-7-5-6-8-22(19)32-2/h5-12,18,24,28H,13-14H2,1-4H3/t18-,24-/m1/s1. The number of allylic oxidation sites excluding steroid dienone is 3. The number of para-hydroxylation sites is 1. The maximum atomic E-state index is 13.6. The summed E-state index contributed by atoms with van der Waals surface area (Å²) in [5.74, 6) is -0.896. The molecule has 0 aromatic heterocycles. The van der Waals surface area contributed by atoms with Crippen molar-refractivity contribution in [2.75, 3.05) is 21.3 Å². The van der Waals surface area contributed by atoms with Crippen molar-refractivity contribution in [1.82, 2.24) is 5.32 Å². The van der Waals surface area contributed by atoms with Crippen LogP contribution in [0.3, 0.4) is 0 Å². The molecule has 0 radical (unpaired) electrons. The van der Waals surface area contributed by atoms with Crippen LogP contribution in [-0.4, -0.2) is 39.1 Å². The first kappa shape index (κ1) is 23.3. The number of benzene rings is 2. The predicted molar refractivity (Wildman–Crippen MR) is 125 cm³/mol. The molecule has 7 nitrogen and oxygen atoms in total. The van der Waals surface area contributed by atoms with Crippen molar-refractivity contribution in [2.45, 2.75) is 31.6 Å². The highest BCUT2D eigenvalue weighted by molar-refractivity contribution is 6.04. The molecule has 1 aliphatic heterocycles. The third kappa shape index (κ3) is 4.09. The Kier molecular flexibility index (Phi) is 6.54. The van der Waals surface area contributed by atoms with Crippen LogP contribution in [0.1, 0.15) is 53.1 Å². The quantitative estimate of drug-likeness (QED) is 0.673. The summed E-state index contributed by atoms with van der Waals surface area (Å²) in [6, 6.07) is 14.5. The van der Waals surface area contributed by atoms with Crippen LogP contribution in [0.15, 0.2) is 71.1 Å². The van der Waals surface area contributed by atoms with Gasteiger partial charge in [0.25, 0.3) is 0 Å². The summed E-state index contributed by atoms with van der Waals surface area (Å²) in [4.78, 5) is 38.3. The van der Waals surface area contributed by atoms with Gasteiger partial charge in [-0.3, -0.25) is 4.79 Å². The molecule has 1 aliphatic carbocycles. The Morgan fingerprint density at radius 3 is 2.24 bits per heavy atom. The van der Waals surface area contributed by atoms with Crippen molar-refractivity contribution in [2.24, 2.45) is 0 Å². The van der Waals surface area contributed by atoms with Crippen LogP contribution in [0.25, 0.3) is 0 Å². The number of dihydropyridines is 1. The second kappa shape index (κ2) is 9.55. The highest BCUT2D eigenvalue weighted by atomic mass is 16.5. The zero-order valence-electron chi connectivity index (χ0n) is 19.6. The van der Waals surface area contributed by atoms with Gasteiger partial charge in [0, 0.05) is 35.2 Å². The molecule has 0 bridgehead atoms. The van der Waals surface area contributed by atoms with Crippen molar-refractivity contribution in [3.05, 3.63) is 87.8 Å². The summed E-state index contributed by atoms with van der Waals surface area (Å²) in [6.07, 6.45) is 0.898. The highest BCUT2D eigenvalue weighted by Gasteiger charge is 2.41. The van der Waals surface area contributed by atoms with Crippen LogP contribution in [0.5, 0.6) is 5.75 Å². The Morgan fingerprint density at radius 1 is 0.912 bits per heavy atom. The Hall–Kier alpha value is -3.87. The molecule has 2 aromatic carbocycles. The fourth-order valence-electron chi connectivity index (χ4n) is 4.91. The Bertz CT molecular complexity index is 1210. The van der Waals surface area contributed by atoms with Crippen molar-refractivity contribution >= 4 is 17.7 Å². The van der Waals surface area contributed by atoms with Crippen LogP contribution in [0.4, 0.5) is 0 Å². The molecule has 1 N–H and O–H groups in total. The van der Waals surface area contributed by atoms with E-state index in [1.54, 1.807) is 31.4 Å². The van der Waals surface area contributed by atoms with Crippen LogP contribution in [-0.2, 0) is 19.1 Å². The number of nitrogens with one attached hydrogen (secondary N) is 1. The number of Topliss-reactive ketones (excluding diaryl/α,β-unsaturated/α-hetero) is 1. The van der Waals surface area contributed by atoms with E-state index in [0.29, 0.717) is 35.2 Å². The van der Waals surface area contributed by atoms with Gasteiger partial charge in [0.1, 0.15) is 5.75 Å². The number of methoxy groups -OCH3 is 3. The summed E-state index contributed by atoms with van der Waals surface area (Å²) in [5.41, 5.74) is 4.47. The predicted octanol–water partition coefficient (Wildman–Crippen LogP) is 4.02. The van der Waals surface area contributed by atoms with Gasteiger partial charge in [-0.2, -0.15) is 0 Å². The molecule has 2 aliphatic rings. The number of ether oxygens (including phenoxy) is 3. The Morgan fingerprint density at radius 2 is 1.59 bits per heavy atom. The number of esters is 2. The zero-order chi connectivity index (χ0) is 24.4. The number of ketones is 1. The first-order valence-corrected chi connectivity index (χ1v) is 11.0. The fraction of sp³-hybridized carbons (Fsp3) is 0.296. The molecule has 0 fully saturated rings. The van der Waals surface area contributed by atoms with E-state index in [1.165, 1.54) is 14.2 Å². The van der Waals surface area contributed by atoms with E-state index in [2.05, 4.69) is 5.32 Å². The molecule has 7 heteroatoms. The molecule has 2 aromatic rings. The van der Waals surface area contributed by atoms with Gasteiger partial charge in [0.2, 0.25) is 0 Å². The lowest BCUT2D eigenvalue weighted by atomic mass is 9.71. The van der Waals surface area contributed by atoms with E-state index in [-0.39, 0.29) is 11.7 Å². The summed E-state index contributed by atoms with van der Waals surface area (Å²) < 4.78 is 15.4. The molecule has 0 spiro atoms. The molecule has 0 saturated carbocycles. The van der Waals surface area contributed by atoms with Gasteiger partial charge in [0.15, 0.2) is 5.78 Å². The minimum Gasteiger partial charge on any atom is -0.496 e. The van der Waals surface area contributed by atoms with Gasteiger partial charge in [-0.1, -0.05) is 30.3 Å². The Balaban J connectivity index is 1.79. The van der Waals surface area contributed by atoms with Gasteiger partial charge < -0.3 is 19.5 Å². The van der Waals surface area contributed by atoms with E-state index in [1.807, 2.05) is 31.2 Å². The number of hydrogen-bond donors (Lipinski definition) is 1. The van der Waals surface area contributed by atoms with Crippen molar-refractivity contribution in [1.29, 1.82) is 0 Å². The van der Waals surface area contributed by atoms with E-state index >= 15 is 0 Å². The van der Waals surface area contributed by atoms with Crippen molar-refractivity contribution < 1.29 is 28.6 Å². The van der Waals surface area contributed by atoms with E-state index in [4.69, 9.17) is 14.2 Å². The molecule has 176 valence electrons. The van der Waals surface area contributed by atoms with Crippen LogP contribution < -0.4 is 10.1 Å². The van der Waals surface area contributed by atoms with E-state index < -0.39 is 17.9 Å². The molecular formula is C27H27NO6. The molecular weight excluding hydrogens is 434 g/mol. The van der Waals surface area contributed by atoms with Gasteiger partial charge >= 0.3 is 11.9 Å². The summed E-state index contributed by atoms with van der Waals surface area (Å²) in [6.45, 7) is 1.81. The van der Waals surface area contributed by atoms with Crippen LogP contribution in [0.2, 0.25) is 0 Å². The molecule has 0 unspecified atom stereocenters. The molecule has 34 heavy (non-hydrogen) atoms. The lowest BCUT2D eigenvalue weighted by molar-refractivity contribution is -0.136. The van der Waals surface area contributed by atoms with Crippen LogP contribution in [0, 0.1) is 0 Å². The molecule has 4 rings (SSSR count). The van der Waals surface area contributed by atoms with Crippen molar-refractivity contribution in [3.63, 3.8) is 0 Å². The number of carbonyl (C=O) groups is 3. The number of hydrogen-bond acceptors (Lipinski definition) is 7. The Labute approximate surface area is 198 Å². The monoisotopic (exact) mass is 461 g/mol. The molecule has 2 atom stereocenters. The maximum Gasteiger partial charge on any atom is 0.337 e. The molecule has 1 heterocycles. The third-order valence-corrected chi connectivity index (χ3v) is 6.48. The first-order chi connectivity index (χ1) is 16.4. The minimum atomic E-state index is -0.596. The highest BCUT2D eigenvalue weighted by Crippen LogP contribution is 2.46. The summed E-state index contributed by atoms with van der Waals surface area (Å²) in [7, 11) is 4.27. The van der Waals surface area contributed by atoms with Gasteiger partial charge in [0.05, 0.1) is 32.5 Å². The fourth-order valence-corrected chi connectivity index (χ4v) is 4.91. The second-order valence-electron chi connectivity index (χ2n) is 8.36. The number of rotatable bonds is 5. The van der Waals surface area contributed by atoms with Crippen LogP contribution >= 0.6 is 0 Å². The molecule has 0 amide bonds. The SMILES string of the molecule is COC(=O)C1=C(C)NC2=C(C(=O)C[C@H](c3ccccc3OC)C2)[C@@H]1c1ccc(C(=O)OC)cc1. The maximum absolute atomic E-state index is 13.6. The topological polar surface area (TPSA) is 90.9 Å². The molecule has 0 saturated heterocycles. The third-order valence-electron chi connectivity index (χ3n) is 6.48. The largest absolute Gasteiger partial charge is 0.496 e. The number of carbonyl (C=O) groups excluding carboxylic acids is 3. The lowest BCUT2D eigenvalue weighted by Gasteiger charge is -2.36. The summed E-state index contributed by atoms with van der Waals surface area (Å²) in [5, 5.41) is 3.31.